The number of hydrogen-bond acceptors (Lipinski definition) is 8. The van der Waals surface area contributed by atoms with Crippen LogP contribution < -0.4 is 42.5 Å². The standard InChI is InChI=1S/C32H56N8.ClH.Fe/c1-2-10-18-17(9-1)25-33-26(18)38-28-21-13-5-6-14-22(21)30(35-28)40-32-24-16-8-7-15-23(24)31(36-32)39-29-20-12-4-3-11-19(20)27(34-29)37-25;;/h17-40H,1-16H2;1H;. The molecule has 240 valence electrons. The van der Waals surface area contributed by atoms with E-state index in [1.165, 1.54) is 103 Å². The second-order valence-corrected chi connectivity index (χ2v) is 15.6. The first-order chi connectivity index (χ1) is 19.8. The molecule has 5 saturated heterocycles. The van der Waals surface area contributed by atoms with Gasteiger partial charge in [-0.15, -0.1) is 12.4 Å². The average Bonchev–Trinajstić information content (AvgIpc) is 3.73. The number of nitrogens with one attached hydrogen (secondary N) is 8. The van der Waals surface area contributed by atoms with Crippen LogP contribution in [-0.2, 0) is 17.1 Å². The minimum atomic E-state index is 0. The molecule has 8 nitrogen and oxygen atoms in total. The molecule has 0 aromatic rings. The molecule has 9 rings (SSSR count). The molecular formula is C32H57ClFeN8. The van der Waals surface area contributed by atoms with Crippen LogP contribution in [0.1, 0.15) is 103 Å². The van der Waals surface area contributed by atoms with Crippen molar-refractivity contribution in [2.75, 3.05) is 0 Å². The van der Waals surface area contributed by atoms with Crippen LogP contribution >= 0.6 is 12.4 Å². The van der Waals surface area contributed by atoms with Gasteiger partial charge in [-0.2, -0.15) is 0 Å². The molecule has 5 aliphatic heterocycles. The quantitative estimate of drug-likeness (QED) is 0.191. The molecular weight excluding hydrogens is 588 g/mol. The maximum Gasteiger partial charge on any atom is 0.0628 e. The van der Waals surface area contributed by atoms with Gasteiger partial charge in [-0.1, -0.05) is 51.4 Å². The Kier molecular flexibility index (Phi) is 9.59. The van der Waals surface area contributed by atoms with Crippen molar-refractivity contribution in [3.8, 4) is 0 Å². The van der Waals surface area contributed by atoms with Crippen LogP contribution in [0.2, 0.25) is 0 Å². The Hall–Kier alpha value is 0.489. The van der Waals surface area contributed by atoms with Gasteiger partial charge >= 0.3 is 0 Å². The summed E-state index contributed by atoms with van der Waals surface area (Å²) in [7, 11) is 0. The Morgan fingerprint density at radius 2 is 0.357 bits per heavy atom. The maximum absolute atomic E-state index is 4.26. The minimum absolute atomic E-state index is 0. The van der Waals surface area contributed by atoms with Gasteiger partial charge in [0.25, 0.3) is 0 Å². The summed E-state index contributed by atoms with van der Waals surface area (Å²) < 4.78 is 0. The number of fused-ring (bicyclic) bond motifs is 20. The molecule has 8 unspecified atom stereocenters. The van der Waals surface area contributed by atoms with Gasteiger partial charge in [-0.05, 0) is 98.7 Å². The van der Waals surface area contributed by atoms with Gasteiger partial charge in [-0.3, -0.25) is 42.5 Å². The number of hydrogen-bond donors (Lipinski definition) is 8. The van der Waals surface area contributed by atoms with Crippen LogP contribution in [0.15, 0.2) is 0 Å². The van der Waals surface area contributed by atoms with Crippen molar-refractivity contribution in [1.29, 1.82) is 0 Å². The predicted octanol–water partition coefficient (Wildman–Crippen LogP) is 3.02. The monoisotopic (exact) mass is 644 g/mol. The summed E-state index contributed by atoms with van der Waals surface area (Å²) in [6.45, 7) is 0. The molecule has 0 spiro atoms. The largest absolute Gasteiger partial charge is 0.286 e. The van der Waals surface area contributed by atoms with Crippen molar-refractivity contribution in [2.45, 2.75) is 152 Å². The summed E-state index contributed by atoms with van der Waals surface area (Å²) in [5.41, 5.74) is 0. The second kappa shape index (κ2) is 12.9. The molecule has 0 aromatic carbocycles. The Bertz CT molecular complexity index is 723. The summed E-state index contributed by atoms with van der Waals surface area (Å²) in [5.74, 6) is 5.97. The molecule has 42 heavy (non-hydrogen) atoms. The molecule has 9 fully saturated rings. The van der Waals surface area contributed by atoms with Crippen molar-refractivity contribution in [1.82, 2.24) is 42.5 Å². The van der Waals surface area contributed by atoms with Crippen molar-refractivity contribution in [3.05, 3.63) is 0 Å². The van der Waals surface area contributed by atoms with E-state index >= 15 is 0 Å². The van der Waals surface area contributed by atoms with E-state index in [1.54, 1.807) is 0 Å². The van der Waals surface area contributed by atoms with Crippen LogP contribution in [0.4, 0.5) is 0 Å². The van der Waals surface area contributed by atoms with Crippen molar-refractivity contribution in [3.63, 3.8) is 0 Å². The summed E-state index contributed by atoms with van der Waals surface area (Å²) in [6, 6.07) is 0. The molecule has 9 aliphatic rings. The summed E-state index contributed by atoms with van der Waals surface area (Å²) in [5, 5.41) is 33.8. The molecule has 10 heteroatoms. The molecule has 8 N–H and O–H groups in total. The van der Waals surface area contributed by atoms with Crippen molar-refractivity contribution in [2.24, 2.45) is 47.3 Å². The third-order valence-electron chi connectivity index (χ3n) is 13.8. The van der Waals surface area contributed by atoms with Crippen molar-refractivity contribution < 1.29 is 17.1 Å². The second-order valence-electron chi connectivity index (χ2n) is 15.6. The zero-order valence-electron chi connectivity index (χ0n) is 25.3. The Morgan fingerprint density at radius 1 is 0.238 bits per heavy atom. The van der Waals surface area contributed by atoms with Crippen LogP contribution in [0.25, 0.3) is 0 Å². The molecule has 0 amide bonds. The van der Waals surface area contributed by atoms with Gasteiger partial charge in [0, 0.05) is 17.1 Å². The minimum Gasteiger partial charge on any atom is -0.286 e. The van der Waals surface area contributed by atoms with E-state index in [9.17, 15) is 0 Å². The third kappa shape index (κ3) is 5.36. The van der Waals surface area contributed by atoms with E-state index < -0.39 is 0 Å². The first kappa shape index (κ1) is 31.1. The normalized spacial score (nSPS) is 54.9. The molecule has 0 radical (unpaired) electrons. The maximum atomic E-state index is 4.26. The van der Waals surface area contributed by atoms with Gasteiger partial charge in [-0.25, -0.2) is 0 Å². The first-order valence-corrected chi connectivity index (χ1v) is 17.9. The topological polar surface area (TPSA) is 96.2 Å². The van der Waals surface area contributed by atoms with Crippen LogP contribution in [-0.4, -0.2) is 49.3 Å². The van der Waals surface area contributed by atoms with Crippen molar-refractivity contribution >= 4 is 12.4 Å². The van der Waals surface area contributed by atoms with Gasteiger partial charge in [0.15, 0.2) is 0 Å². The molecule has 4 aliphatic carbocycles. The summed E-state index contributed by atoms with van der Waals surface area (Å²) in [4.78, 5) is 0. The molecule has 5 heterocycles. The summed E-state index contributed by atoms with van der Waals surface area (Å²) >= 11 is 0. The van der Waals surface area contributed by atoms with Gasteiger partial charge in [0.1, 0.15) is 0 Å². The van der Waals surface area contributed by atoms with Gasteiger partial charge in [0.2, 0.25) is 0 Å². The fraction of sp³-hybridized carbons (Fsp3) is 1.00. The Balaban J connectivity index is 0.00000144. The summed E-state index contributed by atoms with van der Waals surface area (Å²) in [6.07, 6.45) is 25.6. The van der Waals surface area contributed by atoms with Crippen LogP contribution in [0, 0.1) is 47.3 Å². The molecule has 8 bridgehead atoms. The van der Waals surface area contributed by atoms with Crippen LogP contribution in [0.5, 0.6) is 0 Å². The number of halogens is 1. The van der Waals surface area contributed by atoms with E-state index in [0.717, 1.165) is 47.3 Å². The third-order valence-corrected chi connectivity index (χ3v) is 13.8. The van der Waals surface area contributed by atoms with E-state index in [4.69, 9.17) is 0 Å². The van der Waals surface area contributed by atoms with E-state index in [0.29, 0.717) is 49.3 Å². The smallest absolute Gasteiger partial charge is 0.0628 e. The van der Waals surface area contributed by atoms with Gasteiger partial charge in [0.05, 0.1) is 49.3 Å². The SMILES string of the molecule is C1CCC2C3NC(NC4NC(NC5NC(NC6NC(N3)C3CCCCC63)C3CCCCC53)C3CCCCC43)C2C1.Cl.[Fe]. The predicted molar refractivity (Wildman–Crippen MR) is 164 cm³/mol. The molecule has 8 atom stereocenters. The zero-order chi connectivity index (χ0) is 26.2. The fourth-order valence-electron chi connectivity index (χ4n) is 12.0. The Labute approximate surface area is 270 Å². The van der Waals surface area contributed by atoms with Crippen LogP contribution in [0.3, 0.4) is 0 Å². The average molecular weight is 645 g/mol. The van der Waals surface area contributed by atoms with E-state index in [-0.39, 0.29) is 29.5 Å². The fourth-order valence-corrected chi connectivity index (χ4v) is 12.0. The Morgan fingerprint density at radius 3 is 0.476 bits per heavy atom. The zero-order valence-corrected chi connectivity index (χ0v) is 27.2. The van der Waals surface area contributed by atoms with Gasteiger partial charge < -0.3 is 0 Å². The number of rotatable bonds is 0. The van der Waals surface area contributed by atoms with E-state index in [1.807, 2.05) is 0 Å². The van der Waals surface area contributed by atoms with E-state index in [2.05, 4.69) is 42.5 Å². The molecule has 4 saturated carbocycles. The first-order valence-electron chi connectivity index (χ1n) is 17.9. The molecule has 0 aromatic heterocycles.